The number of para-hydroxylation sites is 1. The van der Waals surface area contributed by atoms with E-state index in [4.69, 9.17) is 17.3 Å². The highest BCUT2D eigenvalue weighted by Gasteiger charge is 2.41. The largest absolute Gasteiger partial charge is 0.368 e. The molecule has 2 aliphatic heterocycles. The molecule has 0 saturated carbocycles. The molecule has 1 fully saturated rings. The van der Waals surface area contributed by atoms with E-state index in [0.717, 1.165) is 24.5 Å². The van der Waals surface area contributed by atoms with Gasteiger partial charge in [0, 0.05) is 37.5 Å². The molecule has 5 heterocycles. The molecule has 10 nitrogen and oxygen atoms in total. The first-order valence-corrected chi connectivity index (χ1v) is 13.9. The van der Waals surface area contributed by atoms with Gasteiger partial charge in [-0.2, -0.15) is 21.8 Å². The van der Waals surface area contributed by atoms with E-state index in [9.17, 15) is 9.59 Å². The van der Waals surface area contributed by atoms with Crippen molar-refractivity contribution in [2.24, 2.45) is 5.41 Å². The number of hydrogen-bond donors (Lipinski definition) is 2. The van der Waals surface area contributed by atoms with E-state index < -0.39 is 0 Å². The lowest BCUT2D eigenvalue weighted by Crippen LogP contribution is -2.36. The van der Waals surface area contributed by atoms with Crippen LogP contribution in [0.3, 0.4) is 0 Å². The number of fused-ring (bicyclic) bond motifs is 2. The molecule has 0 spiro atoms. The van der Waals surface area contributed by atoms with Crippen LogP contribution in [0, 0.1) is 5.41 Å². The Kier molecular flexibility index (Phi) is 7.06. The average Bonchev–Trinajstić information content (AvgIpc) is 3.43. The lowest BCUT2D eigenvalue weighted by molar-refractivity contribution is 0.0945. The molecule has 1 aromatic carbocycles. The quantitative estimate of drug-likeness (QED) is 0.397. The molecule has 1 atom stereocenters. The van der Waals surface area contributed by atoms with Gasteiger partial charge in [0.05, 0.1) is 16.4 Å². The Morgan fingerprint density at radius 3 is 2.63 bits per heavy atom. The van der Waals surface area contributed by atoms with Crippen molar-refractivity contribution in [3.8, 4) is 5.69 Å². The second kappa shape index (κ2) is 10.3. The average molecular weight is 553 g/mol. The number of carbonyl (C=O) groups is 1. The first-order chi connectivity index (χ1) is 18.2. The van der Waals surface area contributed by atoms with Crippen molar-refractivity contribution in [2.75, 3.05) is 36.5 Å². The molecule has 2 aliphatic rings. The smallest absolute Gasteiger partial charge is 0.283 e. The van der Waals surface area contributed by atoms with Crippen LogP contribution in [0.15, 0.2) is 53.7 Å². The molecule has 1 amide bonds. The minimum atomic E-state index is -0.179. The lowest BCUT2D eigenvalue weighted by Gasteiger charge is -2.25. The van der Waals surface area contributed by atoms with Gasteiger partial charge in [-0.05, 0) is 29.9 Å². The van der Waals surface area contributed by atoms with Gasteiger partial charge in [-0.1, -0.05) is 43.6 Å². The molecule has 3 aromatic heterocycles. The van der Waals surface area contributed by atoms with Gasteiger partial charge in [0.15, 0.2) is 0 Å². The molecular formula is C26H29ClN8O2S. The summed E-state index contributed by atoms with van der Waals surface area (Å²) in [5.74, 6) is 0.861. The minimum Gasteiger partial charge on any atom is -0.368 e. The summed E-state index contributed by atoms with van der Waals surface area (Å²) in [6.07, 6.45) is 5.99. The van der Waals surface area contributed by atoms with Crippen molar-refractivity contribution >= 4 is 46.6 Å². The molecule has 3 N–H and O–H groups in total. The topological polar surface area (TPSA) is 123 Å². The molecule has 198 valence electrons. The van der Waals surface area contributed by atoms with Crippen molar-refractivity contribution in [2.45, 2.75) is 25.5 Å². The molecule has 1 unspecified atom stereocenters. The summed E-state index contributed by atoms with van der Waals surface area (Å²) in [7, 11) is 0. The first kappa shape index (κ1) is 26.1. The Bertz CT molecular complexity index is 1550. The van der Waals surface area contributed by atoms with E-state index >= 15 is 0 Å². The molecule has 0 radical (unpaired) electrons. The summed E-state index contributed by atoms with van der Waals surface area (Å²) < 4.78 is 2.95. The fraction of sp³-hybridized carbons (Fsp3) is 0.346. The van der Waals surface area contributed by atoms with Crippen molar-refractivity contribution in [3.05, 3.63) is 75.6 Å². The number of hydrogen-bond acceptors (Lipinski definition) is 8. The van der Waals surface area contributed by atoms with Crippen molar-refractivity contribution < 1.29 is 4.79 Å². The Morgan fingerprint density at radius 1 is 1.16 bits per heavy atom. The third-order valence-corrected chi connectivity index (χ3v) is 8.52. The van der Waals surface area contributed by atoms with Gasteiger partial charge in [0.1, 0.15) is 23.2 Å². The van der Waals surface area contributed by atoms with Gasteiger partial charge in [-0.15, -0.1) is 0 Å². The number of rotatable bonds is 3. The fourth-order valence-corrected chi connectivity index (χ4v) is 6.21. The van der Waals surface area contributed by atoms with Gasteiger partial charge in [-0.25, -0.2) is 9.50 Å². The summed E-state index contributed by atoms with van der Waals surface area (Å²) in [5.41, 5.74) is 8.37. The number of nitrogens with two attached hydrogens (primary N) is 1. The van der Waals surface area contributed by atoms with Gasteiger partial charge < -0.3 is 16.0 Å². The van der Waals surface area contributed by atoms with Gasteiger partial charge in [-0.3, -0.25) is 14.2 Å². The SMILES string of the molecule is CSC1CN(c2nc(N)nc3c2C(=O)NCC3)CC1(C)C.O=c1c2c(Cl)ccn2ncn1-c1ccccc1. The van der Waals surface area contributed by atoms with Gasteiger partial charge in [0.25, 0.3) is 11.5 Å². The number of anilines is 2. The fourth-order valence-electron chi connectivity index (χ4n) is 4.94. The molecular weight excluding hydrogens is 524 g/mol. The molecule has 0 aliphatic carbocycles. The number of halogens is 1. The Morgan fingerprint density at radius 2 is 1.92 bits per heavy atom. The van der Waals surface area contributed by atoms with Crippen molar-refractivity contribution in [1.82, 2.24) is 29.5 Å². The highest BCUT2D eigenvalue weighted by atomic mass is 35.5. The summed E-state index contributed by atoms with van der Waals surface area (Å²) in [6.45, 7) is 6.87. The van der Waals surface area contributed by atoms with E-state index in [0.29, 0.717) is 40.1 Å². The van der Waals surface area contributed by atoms with Crippen LogP contribution in [0.25, 0.3) is 11.2 Å². The van der Waals surface area contributed by atoms with Crippen LogP contribution in [0.1, 0.15) is 29.9 Å². The highest BCUT2D eigenvalue weighted by molar-refractivity contribution is 7.99. The number of carbonyl (C=O) groups excluding carboxylic acids is 1. The standard InChI is InChI=1S/C14H21N5OS.C12H8ClN3O/c1-14(2)7-19(6-9(14)21-3)11-10-8(17-13(15)18-11)4-5-16-12(10)20;13-10-6-7-16-11(10)12(17)15(8-14-16)9-4-2-1-3-5-9/h9H,4-7H2,1-3H3,(H,16,20)(H2,15,17,18);1-8H. The van der Waals surface area contributed by atoms with Crippen LogP contribution in [0.4, 0.5) is 11.8 Å². The van der Waals surface area contributed by atoms with E-state index in [1.165, 1.54) is 15.4 Å². The molecule has 4 aromatic rings. The molecule has 6 rings (SSSR count). The summed E-state index contributed by atoms with van der Waals surface area (Å²) in [6, 6.07) is 11.0. The zero-order valence-electron chi connectivity index (χ0n) is 21.4. The van der Waals surface area contributed by atoms with Gasteiger partial charge in [0.2, 0.25) is 5.95 Å². The van der Waals surface area contributed by atoms with Gasteiger partial charge >= 0.3 is 0 Å². The Hall–Kier alpha value is -3.57. The van der Waals surface area contributed by atoms with Crippen LogP contribution < -0.4 is 21.5 Å². The first-order valence-electron chi connectivity index (χ1n) is 12.2. The maximum absolute atomic E-state index is 12.2. The number of nitrogen functional groups attached to an aromatic ring is 1. The number of nitrogens with one attached hydrogen (secondary N) is 1. The second-order valence-corrected chi connectivity index (χ2v) is 11.4. The molecule has 0 bridgehead atoms. The van der Waals surface area contributed by atoms with Crippen LogP contribution in [0.2, 0.25) is 5.02 Å². The third-order valence-electron chi connectivity index (χ3n) is 6.86. The maximum Gasteiger partial charge on any atom is 0.283 e. The number of thioether (sulfide) groups is 1. The van der Waals surface area contributed by atoms with E-state index in [1.54, 1.807) is 12.3 Å². The van der Waals surface area contributed by atoms with Crippen LogP contribution >= 0.6 is 23.4 Å². The third kappa shape index (κ3) is 4.83. The van der Waals surface area contributed by atoms with Crippen molar-refractivity contribution in [3.63, 3.8) is 0 Å². The minimum absolute atomic E-state index is 0.0864. The highest BCUT2D eigenvalue weighted by Crippen LogP contribution is 2.40. The zero-order chi connectivity index (χ0) is 27.0. The van der Waals surface area contributed by atoms with E-state index in [2.05, 4.69) is 45.4 Å². The predicted octanol–water partition coefficient (Wildman–Crippen LogP) is 3.06. The molecule has 1 saturated heterocycles. The summed E-state index contributed by atoms with van der Waals surface area (Å²) in [5, 5.41) is 7.93. The number of benzene rings is 1. The Labute approximate surface area is 229 Å². The Balaban J connectivity index is 0.000000158. The molecule has 12 heteroatoms. The monoisotopic (exact) mass is 552 g/mol. The number of aromatic nitrogens is 5. The van der Waals surface area contributed by atoms with Crippen LogP contribution in [-0.4, -0.2) is 61.2 Å². The molecule has 38 heavy (non-hydrogen) atoms. The number of nitrogens with zero attached hydrogens (tertiary/aromatic N) is 6. The van der Waals surface area contributed by atoms with Crippen LogP contribution in [0.5, 0.6) is 0 Å². The summed E-state index contributed by atoms with van der Waals surface area (Å²) in [4.78, 5) is 35.3. The summed E-state index contributed by atoms with van der Waals surface area (Å²) >= 11 is 7.83. The zero-order valence-corrected chi connectivity index (χ0v) is 23.0. The maximum atomic E-state index is 12.2. The lowest BCUT2D eigenvalue weighted by atomic mass is 9.92. The normalized spacial score (nSPS) is 18.1. The number of amides is 1. The van der Waals surface area contributed by atoms with E-state index in [1.807, 2.05) is 42.1 Å². The van der Waals surface area contributed by atoms with E-state index in [-0.39, 0.29) is 22.8 Å². The van der Waals surface area contributed by atoms with Crippen molar-refractivity contribution in [1.29, 1.82) is 0 Å². The second-order valence-electron chi connectivity index (χ2n) is 9.92. The van der Waals surface area contributed by atoms with Crippen LogP contribution in [-0.2, 0) is 6.42 Å². The predicted molar refractivity (Wildman–Crippen MR) is 152 cm³/mol.